The fourth-order valence-electron chi connectivity index (χ4n) is 2.39. The molecule has 0 aromatic carbocycles. The van der Waals surface area contributed by atoms with Crippen LogP contribution in [-0.2, 0) is 9.53 Å². The highest BCUT2D eigenvalue weighted by atomic mass is 16.5. The Labute approximate surface area is 114 Å². The van der Waals surface area contributed by atoms with Crippen LogP contribution >= 0.6 is 0 Å². The summed E-state index contributed by atoms with van der Waals surface area (Å²) in [6.07, 6.45) is 2.09. The minimum atomic E-state index is -0.998. The molecule has 0 saturated carbocycles. The van der Waals surface area contributed by atoms with Crippen molar-refractivity contribution in [1.82, 2.24) is 9.80 Å². The van der Waals surface area contributed by atoms with E-state index in [2.05, 4.69) is 6.92 Å². The zero-order valence-electron chi connectivity index (χ0n) is 12.0. The van der Waals surface area contributed by atoms with Gasteiger partial charge in [-0.3, -0.25) is 4.79 Å². The van der Waals surface area contributed by atoms with Gasteiger partial charge in [0.2, 0.25) is 0 Å². The number of nitrogens with zero attached hydrogens (tertiary/aromatic N) is 2. The summed E-state index contributed by atoms with van der Waals surface area (Å²) in [4.78, 5) is 26.4. The van der Waals surface area contributed by atoms with Crippen molar-refractivity contribution in [3.63, 3.8) is 0 Å². The second kappa shape index (κ2) is 7.33. The van der Waals surface area contributed by atoms with E-state index in [-0.39, 0.29) is 18.6 Å². The third-order valence-corrected chi connectivity index (χ3v) is 3.78. The summed E-state index contributed by atoms with van der Waals surface area (Å²) < 4.78 is 4.93. The third-order valence-electron chi connectivity index (χ3n) is 3.78. The van der Waals surface area contributed by atoms with Gasteiger partial charge in [-0.25, -0.2) is 4.79 Å². The lowest BCUT2D eigenvalue weighted by Crippen LogP contribution is -2.53. The highest BCUT2D eigenvalue weighted by molar-refractivity contribution is 5.80. The van der Waals surface area contributed by atoms with E-state index in [1.54, 1.807) is 4.90 Å². The van der Waals surface area contributed by atoms with E-state index < -0.39 is 5.97 Å². The zero-order chi connectivity index (χ0) is 14.4. The molecule has 1 aliphatic rings. The number of hydrogen-bond donors (Lipinski definition) is 1. The Morgan fingerprint density at radius 2 is 2.11 bits per heavy atom. The molecule has 2 atom stereocenters. The van der Waals surface area contributed by atoms with Crippen LogP contribution in [-0.4, -0.2) is 66.3 Å². The number of carboxylic acid groups (broad SMARTS) is 1. The number of piperidine rings is 1. The largest absolute Gasteiger partial charge is 0.480 e. The molecule has 19 heavy (non-hydrogen) atoms. The summed E-state index contributed by atoms with van der Waals surface area (Å²) in [7, 11) is 1.54. The first-order valence-corrected chi connectivity index (χ1v) is 6.73. The molecule has 6 heteroatoms. The first-order valence-electron chi connectivity index (χ1n) is 6.73. The fraction of sp³-hybridized carbons (Fsp3) is 0.846. The van der Waals surface area contributed by atoms with Gasteiger partial charge in [0.15, 0.2) is 0 Å². The van der Waals surface area contributed by atoms with Crippen LogP contribution in [0.2, 0.25) is 0 Å². The van der Waals surface area contributed by atoms with E-state index >= 15 is 0 Å². The van der Waals surface area contributed by atoms with Gasteiger partial charge in [0, 0.05) is 26.2 Å². The molecule has 1 heterocycles. The van der Waals surface area contributed by atoms with Gasteiger partial charge < -0.3 is 19.6 Å². The van der Waals surface area contributed by atoms with Gasteiger partial charge in [-0.1, -0.05) is 6.92 Å². The summed E-state index contributed by atoms with van der Waals surface area (Å²) in [6, 6.07) is -0.0430. The van der Waals surface area contributed by atoms with Crippen molar-refractivity contribution < 1.29 is 19.4 Å². The maximum Gasteiger partial charge on any atom is 0.323 e. The first kappa shape index (κ1) is 15.8. The normalized spacial score (nSPS) is 23.2. The SMILES string of the molecule is COCCN(CC(=O)O)C(=O)N1CCCC(C)C1C. The smallest absolute Gasteiger partial charge is 0.323 e. The molecular weight excluding hydrogens is 248 g/mol. The highest BCUT2D eigenvalue weighted by Gasteiger charge is 2.31. The average molecular weight is 272 g/mol. The molecule has 0 aromatic heterocycles. The van der Waals surface area contributed by atoms with Gasteiger partial charge in [-0.2, -0.15) is 0 Å². The fourth-order valence-corrected chi connectivity index (χ4v) is 2.39. The predicted molar refractivity (Wildman–Crippen MR) is 71.0 cm³/mol. The molecule has 0 aromatic rings. The molecule has 1 saturated heterocycles. The third kappa shape index (κ3) is 4.38. The summed E-state index contributed by atoms with van der Waals surface area (Å²) in [5, 5.41) is 8.90. The van der Waals surface area contributed by atoms with Crippen molar-refractivity contribution in [2.24, 2.45) is 5.92 Å². The Hall–Kier alpha value is -1.30. The average Bonchev–Trinajstić information content (AvgIpc) is 2.36. The molecule has 2 unspecified atom stereocenters. The van der Waals surface area contributed by atoms with Crippen LogP contribution in [0.5, 0.6) is 0 Å². The number of aliphatic carboxylic acids is 1. The zero-order valence-corrected chi connectivity index (χ0v) is 12.0. The lowest BCUT2D eigenvalue weighted by molar-refractivity contribution is -0.137. The molecule has 1 rings (SSSR count). The second-order valence-electron chi connectivity index (χ2n) is 5.14. The van der Waals surface area contributed by atoms with Gasteiger partial charge in [-0.15, -0.1) is 0 Å². The molecule has 1 aliphatic heterocycles. The van der Waals surface area contributed by atoms with E-state index in [1.807, 2.05) is 6.92 Å². The molecule has 1 N–H and O–H groups in total. The number of rotatable bonds is 5. The maximum absolute atomic E-state index is 12.4. The summed E-state index contributed by atoms with van der Waals surface area (Å²) in [5.41, 5.74) is 0. The van der Waals surface area contributed by atoms with Gasteiger partial charge in [-0.05, 0) is 25.7 Å². The number of hydrogen-bond acceptors (Lipinski definition) is 3. The Morgan fingerprint density at radius 1 is 1.42 bits per heavy atom. The predicted octanol–water partition coefficient (Wildman–Crippen LogP) is 1.26. The van der Waals surface area contributed by atoms with Crippen LogP contribution in [0.15, 0.2) is 0 Å². The number of urea groups is 1. The highest BCUT2D eigenvalue weighted by Crippen LogP contribution is 2.23. The molecular formula is C13H24N2O4. The van der Waals surface area contributed by atoms with Crippen LogP contribution < -0.4 is 0 Å². The monoisotopic (exact) mass is 272 g/mol. The standard InChI is InChI=1S/C13H24N2O4/c1-10-5-4-6-15(11(10)2)13(18)14(7-8-19-3)9-12(16)17/h10-11H,4-9H2,1-3H3,(H,16,17). The molecule has 2 amide bonds. The van der Waals surface area contributed by atoms with Crippen LogP contribution in [0.25, 0.3) is 0 Å². The summed E-state index contributed by atoms with van der Waals surface area (Å²) >= 11 is 0. The number of amides is 2. The van der Waals surface area contributed by atoms with Crippen molar-refractivity contribution >= 4 is 12.0 Å². The lowest BCUT2D eigenvalue weighted by atomic mass is 9.92. The van der Waals surface area contributed by atoms with Crippen LogP contribution in [0.4, 0.5) is 4.79 Å². The van der Waals surface area contributed by atoms with Crippen molar-refractivity contribution in [3.05, 3.63) is 0 Å². The summed E-state index contributed by atoms with van der Waals surface area (Å²) in [5.74, 6) is -0.547. The number of carbonyl (C=O) groups is 2. The van der Waals surface area contributed by atoms with E-state index in [0.717, 1.165) is 12.8 Å². The van der Waals surface area contributed by atoms with E-state index in [0.29, 0.717) is 25.6 Å². The van der Waals surface area contributed by atoms with Crippen LogP contribution in [0.3, 0.4) is 0 Å². The molecule has 110 valence electrons. The number of ether oxygens (including phenoxy) is 1. The van der Waals surface area contributed by atoms with E-state index in [4.69, 9.17) is 9.84 Å². The Kier molecular flexibility index (Phi) is 6.08. The number of carboxylic acids is 1. The van der Waals surface area contributed by atoms with Crippen LogP contribution in [0.1, 0.15) is 26.7 Å². The van der Waals surface area contributed by atoms with Crippen molar-refractivity contribution in [2.45, 2.75) is 32.7 Å². The number of carbonyl (C=O) groups excluding carboxylic acids is 1. The molecule has 0 spiro atoms. The molecule has 6 nitrogen and oxygen atoms in total. The van der Waals surface area contributed by atoms with Gasteiger partial charge in [0.25, 0.3) is 0 Å². The number of methoxy groups -OCH3 is 1. The van der Waals surface area contributed by atoms with E-state index in [9.17, 15) is 9.59 Å². The van der Waals surface area contributed by atoms with E-state index in [1.165, 1.54) is 12.0 Å². The van der Waals surface area contributed by atoms with Gasteiger partial charge >= 0.3 is 12.0 Å². The molecule has 0 bridgehead atoms. The van der Waals surface area contributed by atoms with Gasteiger partial charge in [0.1, 0.15) is 6.54 Å². The van der Waals surface area contributed by atoms with Crippen molar-refractivity contribution in [2.75, 3.05) is 33.4 Å². The quantitative estimate of drug-likeness (QED) is 0.818. The minimum Gasteiger partial charge on any atom is -0.480 e. The first-order chi connectivity index (χ1) is 8.97. The van der Waals surface area contributed by atoms with Crippen molar-refractivity contribution in [1.29, 1.82) is 0 Å². The maximum atomic E-state index is 12.4. The summed E-state index contributed by atoms with van der Waals surface area (Å²) in [6.45, 7) is 5.22. The Bertz CT molecular complexity index is 322. The van der Waals surface area contributed by atoms with Crippen molar-refractivity contribution in [3.8, 4) is 0 Å². The molecule has 0 radical (unpaired) electrons. The topological polar surface area (TPSA) is 70.1 Å². The Balaban J connectivity index is 2.70. The second-order valence-corrected chi connectivity index (χ2v) is 5.14. The molecule has 0 aliphatic carbocycles. The number of likely N-dealkylation sites (tertiary alicyclic amines) is 1. The van der Waals surface area contributed by atoms with Crippen LogP contribution in [0, 0.1) is 5.92 Å². The van der Waals surface area contributed by atoms with Gasteiger partial charge in [0.05, 0.1) is 6.61 Å². The Morgan fingerprint density at radius 3 is 2.68 bits per heavy atom. The molecule has 1 fully saturated rings. The minimum absolute atomic E-state index is 0.153. The lowest BCUT2D eigenvalue weighted by Gasteiger charge is -2.40.